The summed E-state index contributed by atoms with van der Waals surface area (Å²) >= 11 is 0. The average Bonchev–Trinajstić information content (AvgIpc) is 3.28. The molecule has 0 aliphatic heterocycles. The summed E-state index contributed by atoms with van der Waals surface area (Å²) in [6.45, 7) is 0. The molecule has 8 heteroatoms. The van der Waals surface area contributed by atoms with E-state index in [0.29, 0.717) is 17.5 Å². The molecule has 8 nitrogen and oxygen atoms in total. The lowest BCUT2D eigenvalue weighted by molar-refractivity contribution is 1.07. The second-order valence-corrected chi connectivity index (χ2v) is 13.7. The van der Waals surface area contributed by atoms with Crippen LogP contribution in [0.1, 0.15) is 0 Å². The molecule has 0 aliphatic carbocycles. The predicted octanol–water partition coefficient (Wildman–Crippen LogP) is 10.9. The third-order valence-corrected chi connectivity index (χ3v) is 10.3. The van der Waals surface area contributed by atoms with E-state index in [1.807, 2.05) is 97.6 Å². The van der Waals surface area contributed by atoms with E-state index >= 15 is 0 Å². The molecule has 0 bridgehead atoms. The molecule has 0 saturated heterocycles. The summed E-state index contributed by atoms with van der Waals surface area (Å²) in [5.41, 5.74) is 10.9. The monoisotopic (exact) mass is 716 g/mol. The number of hydrogen-bond donors (Lipinski definition) is 0. The standard InChI is InChI=1S/C48H28N8/c1-2-9-30(10-3-1)46-54-47(33-17-16-29-11-4-18-49-41(29)28-33)56-48(55-46)36-24-34(39-26-31-12-5-19-50-42(31)44-37(39)14-7-21-52-44)23-35(25-36)40-27-32-13-6-20-51-43(32)45-38(40)15-8-22-53-45/h1-28H. The van der Waals surface area contributed by atoms with Crippen LogP contribution in [0.5, 0.6) is 0 Å². The van der Waals surface area contributed by atoms with Crippen LogP contribution >= 0.6 is 0 Å². The molecule has 260 valence electrons. The number of nitrogens with zero attached hydrogens (tertiary/aromatic N) is 8. The van der Waals surface area contributed by atoms with Crippen molar-refractivity contribution in [2.45, 2.75) is 0 Å². The zero-order valence-corrected chi connectivity index (χ0v) is 29.7. The van der Waals surface area contributed by atoms with Crippen LogP contribution < -0.4 is 0 Å². The third-order valence-electron chi connectivity index (χ3n) is 10.3. The lowest BCUT2D eigenvalue weighted by Gasteiger charge is -2.16. The predicted molar refractivity (Wildman–Crippen MR) is 224 cm³/mol. The van der Waals surface area contributed by atoms with Crippen molar-refractivity contribution in [2.75, 3.05) is 0 Å². The van der Waals surface area contributed by atoms with Gasteiger partial charge in [0.25, 0.3) is 0 Å². The molecule has 0 spiro atoms. The maximum Gasteiger partial charge on any atom is 0.164 e. The number of hydrogen-bond acceptors (Lipinski definition) is 8. The lowest BCUT2D eigenvalue weighted by Crippen LogP contribution is -2.01. The van der Waals surface area contributed by atoms with Crippen molar-refractivity contribution in [1.82, 2.24) is 39.9 Å². The van der Waals surface area contributed by atoms with E-state index in [2.05, 4.69) is 71.7 Å². The molecule has 0 amide bonds. The van der Waals surface area contributed by atoms with Gasteiger partial charge in [-0.15, -0.1) is 0 Å². The van der Waals surface area contributed by atoms with Gasteiger partial charge in [0, 0.05) is 74.6 Å². The molecule has 0 saturated carbocycles. The molecule has 0 unspecified atom stereocenters. The fourth-order valence-electron chi connectivity index (χ4n) is 7.65. The Balaban J connectivity index is 1.22. The van der Waals surface area contributed by atoms with Crippen LogP contribution in [0, 0.1) is 0 Å². The van der Waals surface area contributed by atoms with Gasteiger partial charge in [0.2, 0.25) is 0 Å². The molecule has 6 heterocycles. The number of fused-ring (bicyclic) bond motifs is 7. The highest BCUT2D eigenvalue weighted by molar-refractivity contribution is 6.12. The second kappa shape index (κ2) is 12.9. The van der Waals surface area contributed by atoms with Crippen molar-refractivity contribution in [3.05, 3.63) is 171 Å². The van der Waals surface area contributed by atoms with Crippen LogP contribution in [0.2, 0.25) is 0 Å². The van der Waals surface area contributed by atoms with E-state index in [4.69, 9.17) is 34.9 Å². The van der Waals surface area contributed by atoms with E-state index in [9.17, 15) is 0 Å². The fraction of sp³-hybridized carbons (Fsp3) is 0. The smallest absolute Gasteiger partial charge is 0.164 e. The largest absolute Gasteiger partial charge is 0.256 e. The molecule has 0 atom stereocenters. The van der Waals surface area contributed by atoms with E-state index in [1.54, 1.807) is 6.20 Å². The van der Waals surface area contributed by atoms with Crippen LogP contribution in [-0.4, -0.2) is 39.9 Å². The van der Waals surface area contributed by atoms with Crippen molar-refractivity contribution < 1.29 is 0 Å². The Morgan fingerprint density at radius 1 is 0.286 bits per heavy atom. The summed E-state index contributed by atoms with van der Waals surface area (Å²) in [6.07, 6.45) is 9.08. The molecule has 0 aliphatic rings. The van der Waals surface area contributed by atoms with Crippen LogP contribution in [0.4, 0.5) is 0 Å². The van der Waals surface area contributed by atoms with Crippen molar-refractivity contribution in [3.63, 3.8) is 0 Å². The molecule has 11 aromatic rings. The van der Waals surface area contributed by atoms with Crippen LogP contribution in [0.25, 0.3) is 111 Å². The summed E-state index contributed by atoms with van der Waals surface area (Å²) < 4.78 is 0. The van der Waals surface area contributed by atoms with Gasteiger partial charge >= 0.3 is 0 Å². The normalized spacial score (nSPS) is 11.6. The average molecular weight is 717 g/mol. The lowest BCUT2D eigenvalue weighted by atomic mass is 9.91. The van der Waals surface area contributed by atoms with Gasteiger partial charge in [-0.2, -0.15) is 0 Å². The van der Waals surface area contributed by atoms with E-state index < -0.39 is 0 Å². The van der Waals surface area contributed by atoms with Crippen molar-refractivity contribution >= 4 is 54.5 Å². The summed E-state index contributed by atoms with van der Waals surface area (Å²) in [4.78, 5) is 39.1. The summed E-state index contributed by atoms with van der Waals surface area (Å²) in [7, 11) is 0. The van der Waals surface area contributed by atoms with E-state index in [0.717, 1.165) is 93.5 Å². The summed E-state index contributed by atoms with van der Waals surface area (Å²) in [5, 5.41) is 5.06. The molecule has 5 aromatic carbocycles. The minimum Gasteiger partial charge on any atom is -0.256 e. The number of pyridine rings is 5. The minimum atomic E-state index is 0.549. The van der Waals surface area contributed by atoms with Crippen molar-refractivity contribution in [2.24, 2.45) is 0 Å². The third kappa shape index (κ3) is 5.39. The van der Waals surface area contributed by atoms with Gasteiger partial charge < -0.3 is 0 Å². The topological polar surface area (TPSA) is 103 Å². The first kappa shape index (κ1) is 31.7. The summed E-state index contributed by atoms with van der Waals surface area (Å²) in [6, 6.07) is 47.5. The van der Waals surface area contributed by atoms with Gasteiger partial charge in [0.1, 0.15) is 0 Å². The Labute approximate surface area is 320 Å². The molecule has 0 radical (unpaired) electrons. The first-order valence-electron chi connectivity index (χ1n) is 18.3. The Morgan fingerprint density at radius 2 is 0.768 bits per heavy atom. The van der Waals surface area contributed by atoms with Gasteiger partial charge in [-0.3, -0.25) is 24.9 Å². The van der Waals surface area contributed by atoms with Gasteiger partial charge in [-0.05, 0) is 89.0 Å². The molecule has 0 N–H and O–H groups in total. The molecular weight excluding hydrogens is 689 g/mol. The molecular formula is C48H28N8. The fourth-order valence-corrected chi connectivity index (χ4v) is 7.65. The zero-order chi connectivity index (χ0) is 37.0. The highest BCUT2D eigenvalue weighted by Crippen LogP contribution is 2.40. The van der Waals surface area contributed by atoms with Gasteiger partial charge in [0.15, 0.2) is 17.5 Å². The van der Waals surface area contributed by atoms with Gasteiger partial charge in [0.05, 0.1) is 27.6 Å². The number of rotatable bonds is 5. The minimum absolute atomic E-state index is 0.549. The van der Waals surface area contributed by atoms with Crippen molar-refractivity contribution in [3.8, 4) is 56.4 Å². The quantitative estimate of drug-likeness (QED) is 0.162. The summed E-state index contributed by atoms with van der Waals surface area (Å²) in [5.74, 6) is 1.69. The Hall–Kier alpha value is -7.84. The highest BCUT2D eigenvalue weighted by atomic mass is 15.0. The van der Waals surface area contributed by atoms with Crippen LogP contribution in [0.15, 0.2) is 171 Å². The molecule has 0 fully saturated rings. The molecule has 6 aromatic heterocycles. The number of benzene rings is 5. The van der Waals surface area contributed by atoms with Gasteiger partial charge in [-0.1, -0.05) is 72.8 Å². The highest BCUT2D eigenvalue weighted by Gasteiger charge is 2.19. The molecule has 11 rings (SSSR count). The Kier molecular flexibility index (Phi) is 7.31. The first-order chi connectivity index (χ1) is 27.7. The Bertz CT molecular complexity index is 3190. The van der Waals surface area contributed by atoms with Crippen LogP contribution in [-0.2, 0) is 0 Å². The van der Waals surface area contributed by atoms with E-state index in [1.165, 1.54) is 0 Å². The zero-order valence-electron chi connectivity index (χ0n) is 29.7. The maximum atomic E-state index is 5.21. The number of aromatic nitrogens is 8. The van der Waals surface area contributed by atoms with Crippen molar-refractivity contribution in [1.29, 1.82) is 0 Å². The first-order valence-corrected chi connectivity index (χ1v) is 18.3. The van der Waals surface area contributed by atoms with Crippen LogP contribution in [0.3, 0.4) is 0 Å². The second-order valence-electron chi connectivity index (χ2n) is 13.7. The SMILES string of the molecule is c1ccc(-c2nc(-c3cc(-c4cc5cccnc5c5ncccc45)cc(-c4cc5cccnc5c5ncccc45)c3)nc(-c3ccc4cccnc4c3)n2)cc1. The Morgan fingerprint density at radius 3 is 1.38 bits per heavy atom. The van der Waals surface area contributed by atoms with Gasteiger partial charge in [-0.25, -0.2) is 15.0 Å². The maximum absolute atomic E-state index is 5.21. The molecule has 56 heavy (non-hydrogen) atoms. The van der Waals surface area contributed by atoms with E-state index in [-0.39, 0.29) is 0 Å².